The summed E-state index contributed by atoms with van der Waals surface area (Å²) in [5.41, 5.74) is 0. The highest BCUT2D eigenvalue weighted by Crippen LogP contribution is 2.14. The highest BCUT2D eigenvalue weighted by molar-refractivity contribution is 5.85. The Morgan fingerprint density at radius 2 is 2.08 bits per heavy atom. The topological polar surface area (TPSA) is 46.5 Å². The molecular weight excluding hydrogens is 192 g/mol. The van der Waals surface area contributed by atoms with E-state index in [9.17, 15) is 4.79 Å². The molecule has 3 nitrogen and oxygen atoms in total. The van der Waals surface area contributed by atoms with Crippen molar-refractivity contribution >= 4 is 18.4 Å². The van der Waals surface area contributed by atoms with Gasteiger partial charge in [0.15, 0.2) is 0 Å². The van der Waals surface area contributed by atoms with Gasteiger partial charge in [-0.15, -0.1) is 12.4 Å². The van der Waals surface area contributed by atoms with Crippen LogP contribution in [0.4, 0.5) is 0 Å². The third-order valence-corrected chi connectivity index (χ3v) is 2.10. The van der Waals surface area contributed by atoms with Gasteiger partial charge in [0.05, 0.1) is 12.5 Å². The van der Waals surface area contributed by atoms with Gasteiger partial charge < -0.3 is 9.84 Å². The van der Waals surface area contributed by atoms with Crippen molar-refractivity contribution < 1.29 is 14.6 Å². The first-order valence-corrected chi connectivity index (χ1v) is 4.34. The molecule has 4 heteroatoms. The molecule has 0 saturated carbocycles. The number of methoxy groups -OCH3 is 1. The van der Waals surface area contributed by atoms with E-state index in [0.717, 1.165) is 12.8 Å². The van der Waals surface area contributed by atoms with Crippen molar-refractivity contribution in [3.8, 4) is 0 Å². The first-order valence-electron chi connectivity index (χ1n) is 4.34. The fourth-order valence-electron chi connectivity index (χ4n) is 1.07. The zero-order chi connectivity index (χ0) is 9.56. The second kappa shape index (κ2) is 8.32. The minimum Gasteiger partial charge on any atom is -0.481 e. The summed E-state index contributed by atoms with van der Waals surface area (Å²) >= 11 is 0. The fraction of sp³-hybridized carbons (Fsp3) is 0.889. The highest BCUT2D eigenvalue weighted by Gasteiger charge is 2.14. The van der Waals surface area contributed by atoms with Gasteiger partial charge in [0.2, 0.25) is 0 Å². The number of carboxylic acid groups (broad SMARTS) is 1. The summed E-state index contributed by atoms with van der Waals surface area (Å²) in [6.07, 6.45) is 1.89. The van der Waals surface area contributed by atoms with E-state index in [1.54, 1.807) is 7.11 Å². The summed E-state index contributed by atoms with van der Waals surface area (Å²) in [7, 11) is 1.57. The number of halogens is 1. The van der Waals surface area contributed by atoms with E-state index in [0.29, 0.717) is 5.92 Å². The maximum atomic E-state index is 10.4. The van der Waals surface area contributed by atoms with Crippen molar-refractivity contribution in [3.63, 3.8) is 0 Å². The molecule has 13 heavy (non-hydrogen) atoms. The number of ether oxygens (including phenoxy) is 1. The van der Waals surface area contributed by atoms with Crippen LogP contribution in [-0.2, 0) is 9.53 Å². The zero-order valence-electron chi connectivity index (χ0n) is 8.45. The van der Waals surface area contributed by atoms with Crippen LogP contribution in [0.2, 0.25) is 0 Å². The van der Waals surface area contributed by atoms with Gasteiger partial charge >= 0.3 is 5.97 Å². The Balaban J connectivity index is 0. The Hall–Kier alpha value is -0.280. The van der Waals surface area contributed by atoms with Crippen molar-refractivity contribution in [1.82, 2.24) is 0 Å². The van der Waals surface area contributed by atoms with Gasteiger partial charge in [-0.1, -0.05) is 20.3 Å². The average Bonchev–Trinajstić information content (AvgIpc) is 2.02. The zero-order valence-corrected chi connectivity index (χ0v) is 9.26. The minimum absolute atomic E-state index is 0. The number of aliphatic carboxylic acids is 1. The summed E-state index contributed by atoms with van der Waals surface area (Å²) in [5.74, 6) is -0.251. The average molecular weight is 211 g/mol. The molecule has 0 saturated heterocycles. The molecule has 0 aliphatic heterocycles. The summed E-state index contributed by atoms with van der Waals surface area (Å²) < 4.78 is 5.05. The Bertz CT molecular complexity index is 139. The Morgan fingerprint density at radius 3 is 2.38 bits per heavy atom. The van der Waals surface area contributed by atoms with Crippen LogP contribution >= 0.6 is 12.4 Å². The lowest BCUT2D eigenvalue weighted by atomic mass is 9.99. The van der Waals surface area contributed by atoms with E-state index in [1.165, 1.54) is 0 Å². The Labute approximate surface area is 85.9 Å². The second-order valence-corrected chi connectivity index (χ2v) is 3.20. The van der Waals surface area contributed by atoms with Crippen LogP contribution in [-0.4, -0.2) is 24.3 Å². The largest absolute Gasteiger partial charge is 0.481 e. The van der Waals surface area contributed by atoms with Crippen LogP contribution in [0.15, 0.2) is 0 Å². The Kier molecular flexibility index (Phi) is 9.74. The van der Waals surface area contributed by atoms with Gasteiger partial charge in [-0.2, -0.15) is 0 Å². The van der Waals surface area contributed by atoms with Crippen molar-refractivity contribution in [2.75, 3.05) is 7.11 Å². The number of hydrogen-bond acceptors (Lipinski definition) is 2. The van der Waals surface area contributed by atoms with Gasteiger partial charge in [0.25, 0.3) is 0 Å². The minimum atomic E-state index is -0.787. The molecule has 0 aliphatic rings. The van der Waals surface area contributed by atoms with Crippen molar-refractivity contribution in [1.29, 1.82) is 0 Å². The molecule has 2 atom stereocenters. The molecule has 0 aromatic carbocycles. The normalized spacial score (nSPS) is 14.4. The van der Waals surface area contributed by atoms with Crippen LogP contribution in [0.5, 0.6) is 0 Å². The summed E-state index contributed by atoms with van der Waals surface area (Å²) in [4.78, 5) is 10.4. The summed E-state index contributed by atoms with van der Waals surface area (Å²) in [5, 5.41) is 8.52. The predicted octanol–water partition coefficient (Wildman–Crippen LogP) is 2.33. The number of hydrogen-bond donors (Lipinski definition) is 1. The quantitative estimate of drug-likeness (QED) is 0.732. The second-order valence-electron chi connectivity index (χ2n) is 3.20. The molecule has 0 fully saturated rings. The molecule has 0 heterocycles. The fourth-order valence-corrected chi connectivity index (χ4v) is 1.07. The molecule has 2 unspecified atom stereocenters. The van der Waals surface area contributed by atoms with Gasteiger partial charge in [-0.05, 0) is 12.3 Å². The molecule has 0 rings (SSSR count). The third-order valence-electron chi connectivity index (χ3n) is 2.10. The van der Waals surface area contributed by atoms with E-state index in [-0.39, 0.29) is 24.9 Å². The molecule has 0 radical (unpaired) electrons. The van der Waals surface area contributed by atoms with Gasteiger partial charge in [-0.3, -0.25) is 4.79 Å². The van der Waals surface area contributed by atoms with Crippen LogP contribution in [0, 0.1) is 5.92 Å². The molecule has 0 aromatic heterocycles. The van der Waals surface area contributed by atoms with Crippen molar-refractivity contribution in [3.05, 3.63) is 0 Å². The molecule has 80 valence electrons. The monoisotopic (exact) mass is 210 g/mol. The van der Waals surface area contributed by atoms with E-state index >= 15 is 0 Å². The first kappa shape index (κ1) is 15.2. The molecule has 0 amide bonds. The highest BCUT2D eigenvalue weighted by atomic mass is 35.5. The first-order chi connectivity index (χ1) is 5.60. The smallest absolute Gasteiger partial charge is 0.305 e. The van der Waals surface area contributed by atoms with E-state index < -0.39 is 5.97 Å². The van der Waals surface area contributed by atoms with E-state index in [2.05, 4.69) is 13.8 Å². The summed E-state index contributed by atoms with van der Waals surface area (Å²) in [6, 6.07) is 0. The number of carbonyl (C=O) groups is 1. The molecule has 0 aromatic rings. The lowest BCUT2D eigenvalue weighted by Gasteiger charge is -2.16. The number of rotatable bonds is 6. The standard InChI is InChI=1S/C9H18O3.ClH/c1-4-7(2)5-8(12-3)6-9(10)11;/h7-8H,4-6H2,1-3H3,(H,10,11);1H. The van der Waals surface area contributed by atoms with Crippen molar-refractivity contribution in [2.45, 2.75) is 39.2 Å². The number of carboxylic acids is 1. The lowest BCUT2D eigenvalue weighted by molar-refractivity contribution is -0.140. The lowest BCUT2D eigenvalue weighted by Crippen LogP contribution is -2.18. The van der Waals surface area contributed by atoms with Gasteiger partial charge in [-0.25, -0.2) is 0 Å². The molecular formula is C9H19ClO3. The maximum Gasteiger partial charge on any atom is 0.305 e. The van der Waals surface area contributed by atoms with Crippen LogP contribution in [0.25, 0.3) is 0 Å². The Morgan fingerprint density at radius 1 is 1.54 bits per heavy atom. The molecule has 0 spiro atoms. The van der Waals surface area contributed by atoms with Gasteiger partial charge in [0.1, 0.15) is 0 Å². The third kappa shape index (κ3) is 8.06. The molecule has 0 aliphatic carbocycles. The van der Waals surface area contributed by atoms with E-state index in [4.69, 9.17) is 9.84 Å². The summed E-state index contributed by atoms with van der Waals surface area (Å²) in [6.45, 7) is 4.20. The van der Waals surface area contributed by atoms with Crippen LogP contribution < -0.4 is 0 Å². The van der Waals surface area contributed by atoms with Crippen LogP contribution in [0.3, 0.4) is 0 Å². The maximum absolute atomic E-state index is 10.4. The van der Waals surface area contributed by atoms with Gasteiger partial charge in [0, 0.05) is 7.11 Å². The van der Waals surface area contributed by atoms with Crippen molar-refractivity contribution in [2.24, 2.45) is 5.92 Å². The molecule has 1 N–H and O–H groups in total. The SMILES string of the molecule is CCC(C)CC(CC(=O)O)OC.Cl. The predicted molar refractivity (Wildman–Crippen MR) is 54.4 cm³/mol. The van der Waals surface area contributed by atoms with E-state index in [1.807, 2.05) is 0 Å². The molecule has 0 bridgehead atoms. The van der Waals surface area contributed by atoms with Crippen LogP contribution in [0.1, 0.15) is 33.1 Å².